The van der Waals surface area contributed by atoms with Gasteiger partial charge in [-0.1, -0.05) is 24.3 Å². The van der Waals surface area contributed by atoms with Gasteiger partial charge in [0.1, 0.15) is 0 Å². The Labute approximate surface area is 176 Å². The number of carbonyl (C=O) groups excluding carboxylic acids is 1. The third kappa shape index (κ3) is 4.42. The fourth-order valence-electron chi connectivity index (χ4n) is 4.04. The van der Waals surface area contributed by atoms with E-state index in [1.807, 2.05) is 31.6 Å². The molecule has 1 aliphatic heterocycles. The highest BCUT2D eigenvalue weighted by atomic mass is 16.5. The lowest BCUT2D eigenvalue weighted by molar-refractivity contribution is -0.160. The molecule has 0 unspecified atom stereocenters. The molecule has 1 saturated heterocycles. The van der Waals surface area contributed by atoms with Gasteiger partial charge in [0.15, 0.2) is 5.60 Å². The summed E-state index contributed by atoms with van der Waals surface area (Å²) in [6.07, 6.45) is 7.98. The van der Waals surface area contributed by atoms with Crippen LogP contribution >= 0.6 is 0 Å². The minimum atomic E-state index is -0.909. The molecule has 1 aliphatic rings. The molecule has 1 amide bonds. The third-order valence-electron chi connectivity index (χ3n) is 5.53. The average Bonchev–Trinajstić information content (AvgIpc) is 3.19. The molecule has 7 heteroatoms. The summed E-state index contributed by atoms with van der Waals surface area (Å²) in [5, 5.41) is 7.05. The largest absolute Gasteiger partial charge is 0.362 e. The SMILES string of the molecule is CNC(=O)[C@@]1(Cc2ccc(-c3ccncc3)cc2)CN(Cc2cnn(C)c2)CCO1. The maximum Gasteiger partial charge on any atom is 0.253 e. The Morgan fingerprint density at radius 2 is 1.87 bits per heavy atom. The van der Waals surface area contributed by atoms with Crippen LogP contribution in [0.25, 0.3) is 11.1 Å². The lowest BCUT2D eigenvalue weighted by Gasteiger charge is -2.41. The van der Waals surface area contributed by atoms with Gasteiger partial charge in [0.05, 0.1) is 12.8 Å². The molecule has 3 heterocycles. The van der Waals surface area contributed by atoms with Crippen molar-refractivity contribution in [3.8, 4) is 11.1 Å². The predicted molar refractivity (Wildman–Crippen MR) is 115 cm³/mol. The van der Waals surface area contributed by atoms with Crippen LogP contribution in [0, 0.1) is 0 Å². The zero-order chi connectivity index (χ0) is 21.0. The first-order chi connectivity index (χ1) is 14.6. The second-order valence-electron chi connectivity index (χ2n) is 7.76. The van der Waals surface area contributed by atoms with Gasteiger partial charge in [-0.05, 0) is 28.8 Å². The zero-order valence-corrected chi connectivity index (χ0v) is 17.4. The standard InChI is InChI=1S/C23H27N5O2/c1-24-22(29)23(17-28(11-12-30-23)16-19-14-26-27(2)15-19)13-18-3-5-20(6-4-18)21-7-9-25-10-8-21/h3-10,14-15H,11-13,16-17H2,1-2H3,(H,24,29)/t23-/m1/s1. The van der Waals surface area contributed by atoms with Gasteiger partial charge in [0.25, 0.3) is 5.91 Å². The van der Waals surface area contributed by atoms with E-state index < -0.39 is 5.60 Å². The van der Waals surface area contributed by atoms with E-state index in [2.05, 4.69) is 44.6 Å². The van der Waals surface area contributed by atoms with Gasteiger partial charge in [0.2, 0.25) is 0 Å². The van der Waals surface area contributed by atoms with E-state index >= 15 is 0 Å². The van der Waals surface area contributed by atoms with Gasteiger partial charge in [-0.3, -0.25) is 19.4 Å². The Morgan fingerprint density at radius 1 is 1.13 bits per heavy atom. The summed E-state index contributed by atoms with van der Waals surface area (Å²) in [4.78, 5) is 19.2. The Balaban J connectivity index is 1.52. The smallest absolute Gasteiger partial charge is 0.253 e. The maximum atomic E-state index is 12.9. The molecule has 0 aliphatic carbocycles. The molecule has 1 aromatic carbocycles. The van der Waals surface area contributed by atoms with E-state index in [9.17, 15) is 4.79 Å². The number of hydrogen-bond donors (Lipinski definition) is 1. The number of hydrogen-bond acceptors (Lipinski definition) is 5. The van der Waals surface area contributed by atoms with Crippen molar-refractivity contribution in [2.75, 3.05) is 26.7 Å². The fraction of sp³-hybridized carbons (Fsp3) is 0.348. The van der Waals surface area contributed by atoms with Gasteiger partial charge in [-0.15, -0.1) is 0 Å². The number of nitrogens with one attached hydrogen (secondary N) is 1. The lowest BCUT2D eigenvalue weighted by atomic mass is 9.90. The second kappa shape index (κ2) is 8.77. The van der Waals surface area contributed by atoms with Crippen LogP contribution in [-0.4, -0.2) is 57.9 Å². The van der Waals surface area contributed by atoms with Crippen LogP contribution in [0.1, 0.15) is 11.1 Å². The van der Waals surface area contributed by atoms with Crippen molar-refractivity contribution in [2.45, 2.75) is 18.6 Å². The van der Waals surface area contributed by atoms with Crippen LogP contribution in [-0.2, 0) is 29.5 Å². The molecule has 7 nitrogen and oxygen atoms in total. The van der Waals surface area contributed by atoms with Crippen LogP contribution in [0.15, 0.2) is 61.2 Å². The van der Waals surface area contributed by atoms with Crippen LogP contribution < -0.4 is 5.32 Å². The number of aryl methyl sites for hydroxylation is 1. The number of rotatable bonds is 6. The highest BCUT2D eigenvalue weighted by Crippen LogP contribution is 2.26. The predicted octanol–water partition coefficient (Wildman–Crippen LogP) is 2.04. The monoisotopic (exact) mass is 405 g/mol. The van der Waals surface area contributed by atoms with E-state index in [0.717, 1.165) is 35.3 Å². The fourth-order valence-corrected chi connectivity index (χ4v) is 4.04. The average molecular weight is 406 g/mol. The quantitative estimate of drug-likeness (QED) is 0.680. The van der Waals surface area contributed by atoms with Gasteiger partial charge >= 0.3 is 0 Å². The number of ether oxygens (including phenoxy) is 1. The minimum Gasteiger partial charge on any atom is -0.362 e. The number of pyridine rings is 1. The number of morpholine rings is 1. The summed E-state index contributed by atoms with van der Waals surface area (Å²) in [5.41, 5.74) is 3.53. The zero-order valence-electron chi connectivity index (χ0n) is 17.4. The van der Waals surface area contributed by atoms with Gasteiger partial charge in [0, 0.05) is 64.3 Å². The maximum absolute atomic E-state index is 12.9. The number of aromatic nitrogens is 3. The van der Waals surface area contributed by atoms with Crippen molar-refractivity contribution in [2.24, 2.45) is 7.05 Å². The Kier molecular flexibility index (Phi) is 5.92. The first-order valence-corrected chi connectivity index (χ1v) is 10.1. The summed E-state index contributed by atoms with van der Waals surface area (Å²) < 4.78 is 7.93. The lowest BCUT2D eigenvalue weighted by Crippen LogP contribution is -2.60. The third-order valence-corrected chi connectivity index (χ3v) is 5.53. The molecule has 156 valence electrons. The molecule has 0 spiro atoms. The molecule has 1 fully saturated rings. The minimum absolute atomic E-state index is 0.0865. The topological polar surface area (TPSA) is 72.3 Å². The van der Waals surface area contributed by atoms with Gasteiger partial charge < -0.3 is 10.1 Å². The first kappa shape index (κ1) is 20.3. The molecule has 2 aromatic heterocycles. The van der Waals surface area contributed by atoms with Crippen molar-refractivity contribution < 1.29 is 9.53 Å². The van der Waals surface area contributed by atoms with Crippen LogP contribution in [0.5, 0.6) is 0 Å². The molecular weight excluding hydrogens is 378 g/mol. The summed E-state index contributed by atoms with van der Waals surface area (Å²) >= 11 is 0. The van der Waals surface area contributed by atoms with E-state index in [0.29, 0.717) is 19.6 Å². The number of amides is 1. The van der Waals surface area contributed by atoms with E-state index in [4.69, 9.17) is 4.74 Å². The van der Waals surface area contributed by atoms with Crippen molar-refractivity contribution in [1.82, 2.24) is 25.0 Å². The summed E-state index contributed by atoms with van der Waals surface area (Å²) in [5.74, 6) is -0.0865. The molecule has 0 saturated carbocycles. The molecule has 30 heavy (non-hydrogen) atoms. The normalized spacial score (nSPS) is 19.5. The summed E-state index contributed by atoms with van der Waals surface area (Å²) in [6, 6.07) is 12.3. The molecule has 0 bridgehead atoms. The Bertz CT molecular complexity index is 986. The number of benzene rings is 1. The van der Waals surface area contributed by atoms with Crippen molar-refractivity contribution in [3.05, 3.63) is 72.3 Å². The van der Waals surface area contributed by atoms with E-state index in [1.54, 1.807) is 24.1 Å². The molecular formula is C23H27N5O2. The second-order valence-corrected chi connectivity index (χ2v) is 7.76. The number of nitrogens with zero attached hydrogens (tertiary/aromatic N) is 4. The Hall–Kier alpha value is -3.03. The molecule has 3 aromatic rings. The Morgan fingerprint density at radius 3 is 2.53 bits per heavy atom. The highest BCUT2D eigenvalue weighted by Gasteiger charge is 2.43. The summed E-state index contributed by atoms with van der Waals surface area (Å²) in [7, 11) is 3.58. The number of carbonyl (C=O) groups is 1. The highest BCUT2D eigenvalue weighted by molar-refractivity contribution is 5.86. The van der Waals surface area contributed by atoms with Gasteiger partial charge in [-0.25, -0.2) is 0 Å². The van der Waals surface area contributed by atoms with Crippen LogP contribution in [0.2, 0.25) is 0 Å². The number of likely N-dealkylation sites (N-methyl/N-ethyl adjacent to an activating group) is 1. The van der Waals surface area contributed by atoms with Crippen molar-refractivity contribution in [3.63, 3.8) is 0 Å². The van der Waals surface area contributed by atoms with Crippen LogP contribution in [0.3, 0.4) is 0 Å². The first-order valence-electron chi connectivity index (χ1n) is 10.1. The van der Waals surface area contributed by atoms with Crippen LogP contribution in [0.4, 0.5) is 0 Å². The van der Waals surface area contributed by atoms with Crippen molar-refractivity contribution >= 4 is 5.91 Å². The molecule has 1 atom stereocenters. The molecule has 0 radical (unpaired) electrons. The van der Waals surface area contributed by atoms with Crippen molar-refractivity contribution in [1.29, 1.82) is 0 Å². The molecule has 4 rings (SSSR count). The molecule has 1 N–H and O–H groups in total. The van der Waals surface area contributed by atoms with Gasteiger partial charge in [-0.2, -0.15) is 5.10 Å². The summed E-state index contributed by atoms with van der Waals surface area (Å²) in [6.45, 7) is 2.59. The van der Waals surface area contributed by atoms with E-state index in [-0.39, 0.29) is 5.91 Å². The van der Waals surface area contributed by atoms with E-state index in [1.165, 1.54) is 0 Å².